The molecule has 1 aliphatic heterocycles. The van der Waals surface area contributed by atoms with Gasteiger partial charge in [-0.25, -0.2) is 4.79 Å². The molecule has 2 atom stereocenters. The maximum atomic E-state index is 11.9. The smallest absolute Gasteiger partial charge is 0.328 e. The van der Waals surface area contributed by atoms with Crippen molar-refractivity contribution < 1.29 is 19.1 Å². The number of rotatable bonds is 4. The van der Waals surface area contributed by atoms with E-state index in [1.807, 2.05) is 30.3 Å². The summed E-state index contributed by atoms with van der Waals surface area (Å²) in [5.74, 6) is -1.02. The van der Waals surface area contributed by atoms with Crippen LogP contribution in [0.1, 0.15) is 18.4 Å². The topological polar surface area (TPSA) is 84.5 Å². The van der Waals surface area contributed by atoms with E-state index in [2.05, 4.69) is 15.4 Å². The molecule has 1 aromatic rings. The molecule has 1 aromatic carbocycles. The Kier molecular flexibility index (Phi) is 4.92. The van der Waals surface area contributed by atoms with E-state index < -0.39 is 18.1 Å². The van der Waals surface area contributed by atoms with Crippen molar-refractivity contribution in [3.05, 3.63) is 35.9 Å². The third kappa shape index (κ3) is 4.05. The first-order chi connectivity index (χ1) is 10.1. The van der Waals surface area contributed by atoms with E-state index in [0.717, 1.165) is 5.56 Å². The first-order valence-corrected chi connectivity index (χ1v) is 6.81. The van der Waals surface area contributed by atoms with Gasteiger partial charge in [0.25, 0.3) is 0 Å². The second kappa shape index (κ2) is 6.88. The van der Waals surface area contributed by atoms with Crippen LogP contribution in [0.25, 0.3) is 0 Å². The van der Waals surface area contributed by atoms with E-state index in [1.165, 1.54) is 7.11 Å². The van der Waals surface area contributed by atoms with Gasteiger partial charge in [-0.05, 0) is 18.4 Å². The Labute approximate surface area is 122 Å². The van der Waals surface area contributed by atoms with Gasteiger partial charge < -0.3 is 15.4 Å². The van der Waals surface area contributed by atoms with Crippen LogP contribution in [0, 0.1) is 0 Å². The lowest BCUT2D eigenvalue weighted by atomic mass is 9.99. The highest BCUT2D eigenvalue weighted by Gasteiger charge is 2.32. The van der Waals surface area contributed by atoms with Crippen molar-refractivity contribution in [2.24, 2.45) is 0 Å². The van der Waals surface area contributed by atoms with Crippen LogP contribution in [-0.2, 0) is 25.5 Å². The summed E-state index contributed by atoms with van der Waals surface area (Å²) in [4.78, 5) is 35.2. The molecule has 1 aliphatic rings. The fourth-order valence-corrected chi connectivity index (χ4v) is 2.29. The van der Waals surface area contributed by atoms with E-state index in [4.69, 9.17) is 0 Å². The molecule has 0 radical (unpaired) electrons. The van der Waals surface area contributed by atoms with Crippen LogP contribution in [0.3, 0.4) is 0 Å². The molecule has 112 valence electrons. The van der Waals surface area contributed by atoms with Gasteiger partial charge in [-0.1, -0.05) is 30.3 Å². The normalized spacial score (nSPS) is 21.3. The lowest BCUT2D eigenvalue weighted by Crippen LogP contribution is -2.56. The number of methoxy groups -OCH3 is 1. The van der Waals surface area contributed by atoms with Gasteiger partial charge in [-0.15, -0.1) is 0 Å². The summed E-state index contributed by atoms with van der Waals surface area (Å²) in [6.07, 6.45) is 1.10. The Morgan fingerprint density at radius 3 is 2.62 bits per heavy atom. The highest BCUT2D eigenvalue weighted by atomic mass is 16.5. The van der Waals surface area contributed by atoms with E-state index in [9.17, 15) is 14.4 Å². The average Bonchev–Trinajstić information content (AvgIpc) is 2.49. The molecule has 0 aromatic heterocycles. The maximum absolute atomic E-state index is 11.9. The molecule has 0 bridgehead atoms. The van der Waals surface area contributed by atoms with Crippen LogP contribution in [0.4, 0.5) is 0 Å². The van der Waals surface area contributed by atoms with Crippen molar-refractivity contribution in [1.82, 2.24) is 10.6 Å². The van der Waals surface area contributed by atoms with Gasteiger partial charge in [-0.2, -0.15) is 0 Å². The van der Waals surface area contributed by atoms with Gasteiger partial charge in [0.1, 0.15) is 12.1 Å². The van der Waals surface area contributed by atoms with Gasteiger partial charge in [0.05, 0.1) is 13.5 Å². The van der Waals surface area contributed by atoms with E-state index >= 15 is 0 Å². The molecule has 1 fully saturated rings. The van der Waals surface area contributed by atoms with E-state index in [-0.39, 0.29) is 18.2 Å². The summed E-state index contributed by atoms with van der Waals surface area (Å²) in [7, 11) is 1.28. The Hall–Kier alpha value is -2.37. The minimum absolute atomic E-state index is 0.210. The van der Waals surface area contributed by atoms with Crippen LogP contribution < -0.4 is 10.6 Å². The predicted octanol–water partition coefficient (Wildman–Crippen LogP) is 0.165. The molecule has 1 heterocycles. The summed E-state index contributed by atoms with van der Waals surface area (Å²) in [6.45, 7) is 0. The second-order valence-corrected chi connectivity index (χ2v) is 4.94. The monoisotopic (exact) mass is 290 g/mol. The van der Waals surface area contributed by atoms with Crippen LogP contribution in [0.15, 0.2) is 30.3 Å². The summed E-state index contributed by atoms with van der Waals surface area (Å²) < 4.78 is 4.59. The molecule has 0 saturated carbocycles. The summed E-state index contributed by atoms with van der Waals surface area (Å²) in [5, 5.41) is 5.25. The number of esters is 1. The Morgan fingerprint density at radius 2 is 2.00 bits per heavy atom. The number of amides is 2. The molecule has 0 unspecified atom stereocenters. The second-order valence-electron chi connectivity index (χ2n) is 4.94. The molecule has 2 rings (SSSR count). The first kappa shape index (κ1) is 15.0. The molecule has 0 spiro atoms. The van der Waals surface area contributed by atoms with Gasteiger partial charge in [0, 0.05) is 0 Å². The number of ether oxygens (including phenoxy) is 1. The Morgan fingerprint density at radius 1 is 1.29 bits per heavy atom. The zero-order chi connectivity index (χ0) is 15.2. The molecule has 2 amide bonds. The molecule has 21 heavy (non-hydrogen) atoms. The highest BCUT2D eigenvalue weighted by molar-refractivity contribution is 5.92. The van der Waals surface area contributed by atoms with Crippen molar-refractivity contribution in [3.63, 3.8) is 0 Å². The molecule has 6 heteroatoms. The van der Waals surface area contributed by atoms with Gasteiger partial charge in [-0.3, -0.25) is 9.59 Å². The van der Waals surface area contributed by atoms with E-state index in [0.29, 0.717) is 12.8 Å². The molecule has 2 N–H and O–H groups in total. The number of carbonyl (C=O) groups excluding carboxylic acids is 3. The third-order valence-electron chi connectivity index (χ3n) is 3.41. The van der Waals surface area contributed by atoms with Crippen molar-refractivity contribution in [3.8, 4) is 0 Å². The first-order valence-electron chi connectivity index (χ1n) is 6.81. The number of hydrogen-bond acceptors (Lipinski definition) is 4. The molecule has 6 nitrogen and oxygen atoms in total. The van der Waals surface area contributed by atoms with E-state index in [1.54, 1.807) is 0 Å². The highest BCUT2D eigenvalue weighted by Crippen LogP contribution is 2.11. The minimum atomic E-state index is -0.621. The molecular weight excluding hydrogens is 272 g/mol. The van der Waals surface area contributed by atoms with Crippen molar-refractivity contribution in [2.75, 3.05) is 7.11 Å². The Balaban J connectivity index is 1.85. The summed E-state index contributed by atoms with van der Waals surface area (Å²) in [6, 6.07) is 8.09. The number of nitrogens with one attached hydrogen (secondary N) is 2. The molecule has 1 saturated heterocycles. The predicted molar refractivity (Wildman–Crippen MR) is 75.3 cm³/mol. The molecular formula is C15H18N2O4. The lowest BCUT2D eigenvalue weighted by molar-refractivity contribution is -0.147. The largest absolute Gasteiger partial charge is 0.467 e. The average molecular weight is 290 g/mol. The number of benzene rings is 1. The van der Waals surface area contributed by atoms with Crippen molar-refractivity contribution >= 4 is 17.8 Å². The van der Waals surface area contributed by atoms with Gasteiger partial charge in [0.15, 0.2) is 0 Å². The zero-order valence-electron chi connectivity index (χ0n) is 11.8. The number of hydrogen-bond donors (Lipinski definition) is 2. The fraction of sp³-hybridized carbons (Fsp3) is 0.400. The van der Waals surface area contributed by atoms with Crippen LogP contribution in [-0.4, -0.2) is 37.0 Å². The number of piperidine rings is 1. The summed E-state index contributed by atoms with van der Waals surface area (Å²) >= 11 is 0. The SMILES string of the molecule is COC(=O)[C@@H]1CC[C@H](NC(=O)Cc2ccccc2)C(=O)N1. The zero-order valence-corrected chi connectivity index (χ0v) is 11.8. The third-order valence-corrected chi connectivity index (χ3v) is 3.41. The van der Waals surface area contributed by atoms with Crippen molar-refractivity contribution in [1.29, 1.82) is 0 Å². The maximum Gasteiger partial charge on any atom is 0.328 e. The minimum Gasteiger partial charge on any atom is -0.467 e. The van der Waals surface area contributed by atoms with Gasteiger partial charge >= 0.3 is 5.97 Å². The van der Waals surface area contributed by atoms with Crippen LogP contribution in [0.2, 0.25) is 0 Å². The van der Waals surface area contributed by atoms with Crippen LogP contribution >= 0.6 is 0 Å². The Bertz CT molecular complexity index is 530. The number of carbonyl (C=O) groups is 3. The van der Waals surface area contributed by atoms with Crippen LogP contribution in [0.5, 0.6) is 0 Å². The fourth-order valence-electron chi connectivity index (χ4n) is 2.29. The quantitative estimate of drug-likeness (QED) is 0.774. The lowest BCUT2D eigenvalue weighted by Gasteiger charge is -2.28. The van der Waals surface area contributed by atoms with Gasteiger partial charge in [0.2, 0.25) is 11.8 Å². The molecule has 0 aliphatic carbocycles. The summed E-state index contributed by atoms with van der Waals surface area (Å²) in [5.41, 5.74) is 0.888. The van der Waals surface area contributed by atoms with Crippen molar-refractivity contribution in [2.45, 2.75) is 31.3 Å². The standard InChI is InChI=1S/C15H18N2O4/c1-21-15(20)12-8-7-11(14(19)17-12)16-13(18)9-10-5-3-2-4-6-10/h2-6,11-12H,7-9H2,1H3,(H,16,18)(H,17,19)/t11-,12-/m0/s1.